The van der Waals surface area contributed by atoms with Crippen LogP contribution in [0.4, 0.5) is 0 Å². The van der Waals surface area contributed by atoms with Crippen LogP contribution in [0.5, 0.6) is 0 Å². The first-order chi connectivity index (χ1) is 12.1. The number of hydrogen-bond donors (Lipinski definition) is 0. The van der Waals surface area contributed by atoms with Crippen molar-refractivity contribution in [1.82, 2.24) is 9.80 Å². The van der Waals surface area contributed by atoms with Crippen molar-refractivity contribution in [2.45, 2.75) is 18.9 Å². The Labute approximate surface area is 153 Å². The molecule has 3 rings (SSSR count). The summed E-state index contributed by atoms with van der Waals surface area (Å²) >= 11 is 5.94. The van der Waals surface area contributed by atoms with Gasteiger partial charge in [0, 0.05) is 24.7 Å². The zero-order valence-corrected chi connectivity index (χ0v) is 15.0. The Morgan fingerprint density at radius 1 is 1.16 bits per heavy atom. The van der Waals surface area contributed by atoms with Gasteiger partial charge in [-0.3, -0.25) is 9.59 Å². The first kappa shape index (κ1) is 18.0. The average molecular weight is 363 g/mol. The van der Waals surface area contributed by atoms with Crippen LogP contribution < -0.4 is 0 Å². The molecule has 5 nitrogen and oxygen atoms in total. The average Bonchev–Trinajstić information content (AvgIpc) is 2.67. The molecule has 0 spiro atoms. The number of piperidine rings is 1. The predicted molar refractivity (Wildman–Crippen MR) is 96.2 cm³/mol. The van der Waals surface area contributed by atoms with Crippen LogP contribution in [0, 0.1) is 5.92 Å². The first-order valence-electron chi connectivity index (χ1n) is 8.65. The van der Waals surface area contributed by atoms with Gasteiger partial charge in [0.15, 0.2) is 0 Å². The van der Waals surface area contributed by atoms with E-state index in [1.165, 1.54) is 6.08 Å². The standard InChI is InChI=1S/C19H23ClN2O3/c1-2-18(23)21-9-3-4-15(12-21)19(24)22-10-11-25-17(13-22)14-5-7-16(20)8-6-14/h2,5-8,15,17H,1,3-4,9-13H2. The van der Waals surface area contributed by atoms with Crippen LogP contribution in [-0.4, -0.2) is 54.4 Å². The normalized spacial score (nSPS) is 24.0. The maximum Gasteiger partial charge on any atom is 0.245 e. The molecule has 2 unspecified atom stereocenters. The summed E-state index contributed by atoms with van der Waals surface area (Å²) in [4.78, 5) is 28.3. The number of carbonyl (C=O) groups excluding carboxylic acids is 2. The molecule has 1 aromatic rings. The van der Waals surface area contributed by atoms with Crippen molar-refractivity contribution in [3.05, 3.63) is 47.5 Å². The van der Waals surface area contributed by atoms with Crippen molar-refractivity contribution >= 4 is 23.4 Å². The fourth-order valence-corrected chi connectivity index (χ4v) is 3.62. The van der Waals surface area contributed by atoms with E-state index in [4.69, 9.17) is 16.3 Å². The van der Waals surface area contributed by atoms with Crippen LogP contribution >= 0.6 is 11.6 Å². The van der Waals surface area contributed by atoms with Crippen LogP contribution in [0.15, 0.2) is 36.9 Å². The smallest absolute Gasteiger partial charge is 0.245 e. The number of rotatable bonds is 3. The molecule has 2 saturated heterocycles. The minimum Gasteiger partial charge on any atom is -0.370 e. The van der Waals surface area contributed by atoms with Gasteiger partial charge in [0.25, 0.3) is 0 Å². The van der Waals surface area contributed by atoms with Crippen LogP contribution in [0.1, 0.15) is 24.5 Å². The maximum atomic E-state index is 12.9. The third-order valence-corrected chi connectivity index (χ3v) is 5.13. The van der Waals surface area contributed by atoms with E-state index in [0.717, 1.165) is 18.4 Å². The highest BCUT2D eigenvalue weighted by molar-refractivity contribution is 6.30. The number of benzene rings is 1. The van der Waals surface area contributed by atoms with Crippen LogP contribution in [0.3, 0.4) is 0 Å². The number of halogens is 1. The van der Waals surface area contributed by atoms with Gasteiger partial charge in [-0.1, -0.05) is 30.3 Å². The van der Waals surface area contributed by atoms with Gasteiger partial charge in [-0.15, -0.1) is 0 Å². The summed E-state index contributed by atoms with van der Waals surface area (Å²) in [6.45, 7) is 6.35. The minimum absolute atomic E-state index is 0.0986. The summed E-state index contributed by atoms with van der Waals surface area (Å²) in [6.07, 6.45) is 2.85. The van der Waals surface area contributed by atoms with Crippen molar-refractivity contribution in [2.75, 3.05) is 32.8 Å². The molecule has 2 atom stereocenters. The van der Waals surface area contributed by atoms with Gasteiger partial charge in [0.1, 0.15) is 6.10 Å². The second-order valence-electron chi connectivity index (χ2n) is 6.52. The molecule has 25 heavy (non-hydrogen) atoms. The molecular formula is C19H23ClN2O3. The number of likely N-dealkylation sites (tertiary alicyclic amines) is 1. The lowest BCUT2D eigenvalue weighted by Gasteiger charge is -2.38. The zero-order chi connectivity index (χ0) is 17.8. The lowest BCUT2D eigenvalue weighted by Crippen LogP contribution is -2.49. The summed E-state index contributed by atoms with van der Waals surface area (Å²) in [5.74, 6) is -0.121. The molecule has 0 radical (unpaired) electrons. The highest BCUT2D eigenvalue weighted by atomic mass is 35.5. The third kappa shape index (κ3) is 4.22. The van der Waals surface area contributed by atoms with Gasteiger partial charge in [0.2, 0.25) is 11.8 Å². The maximum absolute atomic E-state index is 12.9. The van der Waals surface area contributed by atoms with E-state index < -0.39 is 0 Å². The minimum atomic E-state index is -0.137. The highest BCUT2D eigenvalue weighted by Gasteiger charge is 2.33. The molecule has 0 saturated carbocycles. The van der Waals surface area contributed by atoms with E-state index in [9.17, 15) is 9.59 Å². The third-order valence-electron chi connectivity index (χ3n) is 4.88. The van der Waals surface area contributed by atoms with Gasteiger partial charge in [-0.2, -0.15) is 0 Å². The Balaban J connectivity index is 1.64. The summed E-state index contributed by atoms with van der Waals surface area (Å²) in [7, 11) is 0. The van der Waals surface area contributed by atoms with E-state index in [2.05, 4.69) is 6.58 Å². The topological polar surface area (TPSA) is 49.9 Å². The van der Waals surface area contributed by atoms with Gasteiger partial charge < -0.3 is 14.5 Å². The summed E-state index contributed by atoms with van der Waals surface area (Å²) in [5.41, 5.74) is 1.02. The molecule has 0 N–H and O–H groups in total. The van der Waals surface area contributed by atoms with Crippen molar-refractivity contribution < 1.29 is 14.3 Å². The molecule has 2 fully saturated rings. The molecule has 2 aliphatic rings. The van der Waals surface area contributed by atoms with Gasteiger partial charge in [-0.25, -0.2) is 0 Å². The van der Waals surface area contributed by atoms with E-state index in [1.807, 2.05) is 29.2 Å². The van der Waals surface area contributed by atoms with E-state index >= 15 is 0 Å². The van der Waals surface area contributed by atoms with Crippen LogP contribution in [0.25, 0.3) is 0 Å². The summed E-state index contributed by atoms with van der Waals surface area (Å²) in [5, 5.41) is 0.682. The van der Waals surface area contributed by atoms with Crippen molar-refractivity contribution in [2.24, 2.45) is 5.92 Å². The number of ether oxygens (including phenoxy) is 1. The molecule has 134 valence electrons. The number of hydrogen-bond acceptors (Lipinski definition) is 3. The fraction of sp³-hybridized carbons (Fsp3) is 0.474. The first-order valence-corrected chi connectivity index (χ1v) is 9.03. The molecular weight excluding hydrogens is 340 g/mol. The zero-order valence-electron chi connectivity index (χ0n) is 14.2. The molecule has 6 heteroatoms. The Bertz CT molecular complexity index is 647. The molecule has 0 aliphatic carbocycles. The predicted octanol–water partition coefficient (Wildman–Crippen LogP) is 2.66. The van der Waals surface area contributed by atoms with Gasteiger partial charge >= 0.3 is 0 Å². The second-order valence-corrected chi connectivity index (χ2v) is 6.96. The highest BCUT2D eigenvalue weighted by Crippen LogP contribution is 2.26. The number of nitrogens with zero attached hydrogens (tertiary/aromatic N) is 2. The van der Waals surface area contributed by atoms with Crippen molar-refractivity contribution in [3.63, 3.8) is 0 Å². The van der Waals surface area contributed by atoms with E-state index in [0.29, 0.717) is 37.8 Å². The van der Waals surface area contributed by atoms with Crippen molar-refractivity contribution in [1.29, 1.82) is 0 Å². The summed E-state index contributed by atoms with van der Waals surface area (Å²) in [6, 6.07) is 7.54. The van der Waals surface area contributed by atoms with Gasteiger partial charge in [0.05, 0.1) is 19.1 Å². The quantitative estimate of drug-likeness (QED) is 0.777. The Hall–Kier alpha value is -1.85. The van der Waals surface area contributed by atoms with E-state index in [-0.39, 0.29) is 23.8 Å². The number of amides is 2. The van der Waals surface area contributed by atoms with Crippen LogP contribution in [0.2, 0.25) is 5.02 Å². The number of morpholine rings is 1. The van der Waals surface area contributed by atoms with Crippen LogP contribution in [-0.2, 0) is 14.3 Å². The Morgan fingerprint density at radius 3 is 2.64 bits per heavy atom. The monoisotopic (exact) mass is 362 g/mol. The number of carbonyl (C=O) groups is 2. The summed E-state index contributed by atoms with van der Waals surface area (Å²) < 4.78 is 5.83. The fourth-order valence-electron chi connectivity index (χ4n) is 3.49. The largest absolute Gasteiger partial charge is 0.370 e. The molecule has 1 aromatic carbocycles. The molecule has 2 heterocycles. The second kappa shape index (κ2) is 8.02. The molecule has 0 aromatic heterocycles. The van der Waals surface area contributed by atoms with Gasteiger partial charge in [-0.05, 0) is 36.6 Å². The van der Waals surface area contributed by atoms with E-state index in [1.54, 1.807) is 4.90 Å². The molecule has 2 aliphatic heterocycles. The lowest BCUT2D eigenvalue weighted by atomic mass is 9.95. The van der Waals surface area contributed by atoms with Crippen molar-refractivity contribution in [3.8, 4) is 0 Å². The Kier molecular flexibility index (Phi) is 5.76. The molecule has 2 amide bonds. The SMILES string of the molecule is C=CC(=O)N1CCCC(C(=O)N2CCOC(c3ccc(Cl)cc3)C2)C1. The Morgan fingerprint density at radius 2 is 1.92 bits per heavy atom. The molecule has 0 bridgehead atoms. The lowest BCUT2D eigenvalue weighted by molar-refractivity contribution is -0.146.